The second-order valence-electron chi connectivity index (χ2n) is 8.53. The van der Waals surface area contributed by atoms with Crippen LogP contribution in [-0.2, 0) is 13.1 Å². The molecule has 0 radical (unpaired) electrons. The first kappa shape index (κ1) is 21.4. The van der Waals surface area contributed by atoms with Gasteiger partial charge in [-0.1, -0.05) is 12.8 Å². The number of carbonyl (C=O) groups excluding carboxylic acids is 1. The number of nitrogens with zero attached hydrogens (tertiary/aromatic N) is 4. The lowest BCUT2D eigenvalue weighted by Crippen LogP contribution is -2.35. The third kappa shape index (κ3) is 6.32. The molecule has 0 saturated carbocycles. The minimum atomic E-state index is -0.163. The van der Waals surface area contributed by atoms with Crippen molar-refractivity contribution in [2.24, 2.45) is 0 Å². The minimum Gasteiger partial charge on any atom is -0.357 e. The molecule has 0 unspecified atom stereocenters. The molecule has 0 aromatic carbocycles. The molecule has 2 aromatic rings. The number of aromatic nitrogens is 2. The molecule has 4 rings (SSSR count). The molecule has 0 aliphatic carbocycles. The van der Waals surface area contributed by atoms with Crippen molar-refractivity contribution in [1.82, 2.24) is 20.6 Å². The van der Waals surface area contributed by atoms with Crippen molar-refractivity contribution in [2.45, 2.75) is 58.0 Å². The zero-order valence-electron chi connectivity index (χ0n) is 18.4. The van der Waals surface area contributed by atoms with Crippen molar-refractivity contribution < 1.29 is 4.79 Å². The first-order valence-corrected chi connectivity index (χ1v) is 11.7. The van der Waals surface area contributed by atoms with Crippen molar-refractivity contribution >= 4 is 17.7 Å². The normalized spacial score (nSPS) is 17.2. The number of pyridine rings is 2. The van der Waals surface area contributed by atoms with Crippen LogP contribution >= 0.6 is 0 Å². The summed E-state index contributed by atoms with van der Waals surface area (Å²) in [6.07, 6.45) is 12.5. The van der Waals surface area contributed by atoms with Gasteiger partial charge >= 0.3 is 6.03 Å². The number of hydrogen-bond acceptors (Lipinski definition) is 5. The largest absolute Gasteiger partial charge is 0.357 e. The summed E-state index contributed by atoms with van der Waals surface area (Å²) in [4.78, 5) is 26.1. The van der Waals surface area contributed by atoms with Crippen molar-refractivity contribution in [3.63, 3.8) is 0 Å². The topological polar surface area (TPSA) is 73.4 Å². The van der Waals surface area contributed by atoms with Gasteiger partial charge in [0.25, 0.3) is 0 Å². The highest BCUT2D eigenvalue weighted by atomic mass is 16.2. The number of hydrogen-bond donors (Lipinski definition) is 2. The zero-order chi connectivity index (χ0) is 21.3. The van der Waals surface area contributed by atoms with E-state index in [2.05, 4.69) is 42.5 Å². The van der Waals surface area contributed by atoms with Crippen LogP contribution < -0.4 is 20.4 Å². The lowest BCUT2D eigenvalue weighted by molar-refractivity contribution is 0.240. The van der Waals surface area contributed by atoms with E-state index >= 15 is 0 Å². The molecule has 0 atom stereocenters. The molecular formula is C24H34N6O. The maximum absolute atomic E-state index is 12.3. The first-order chi connectivity index (χ1) is 15.3. The molecule has 2 aliphatic rings. The highest BCUT2D eigenvalue weighted by Gasteiger charge is 2.13. The molecule has 0 spiro atoms. The Kier molecular flexibility index (Phi) is 7.58. The summed E-state index contributed by atoms with van der Waals surface area (Å²) in [7, 11) is 0. The van der Waals surface area contributed by atoms with E-state index in [9.17, 15) is 4.79 Å². The van der Waals surface area contributed by atoms with Gasteiger partial charge in [0, 0.05) is 51.7 Å². The average Bonchev–Trinajstić information content (AvgIpc) is 3.12. The third-order valence-electron chi connectivity index (χ3n) is 6.14. The van der Waals surface area contributed by atoms with E-state index in [0.717, 1.165) is 48.9 Å². The Hall–Kier alpha value is -2.83. The van der Waals surface area contributed by atoms with E-state index in [1.165, 1.54) is 44.9 Å². The number of urea groups is 1. The summed E-state index contributed by atoms with van der Waals surface area (Å²) in [5.41, 5.74) is 2.14. The molecule has 2 aliphatic heterocycles. The Morgan fingerprint density at radius 3 is 1.58 bits per heavy atom. The zero-order valence-corrected chi connectivity index (χ0v) is 18.4. The summed E-state index contributed by atoms with van der Waals surface area (Å²) < 4.78 is 0. The third-order valence-corrected chi connectivity index (χ3v) is 6.14. The van der Waals surface area contributed by atoms with Crippen molar-refractivity contribution in [3.05, 3.63) is 47.8 Å². The molecule has 2 aromatic heterocycles. The second-order valence-corrected chi connectivity index (χ2v) is 8.53. The smallest absolute Gasteiger partial charge is 0.315 e. The number of piperidine rings is 1. The second kappa shape index (κ2) is 11.0. The lowest BCUT2D eigenvalue weighted by Gasteiger charge is -2.27. The number of anilines is 2. The van der Waals surface area contributed by atoms with Crippen LogP contribution in [0.25, 0.3) is 0 Å². The quantitative estimate of drug-likeness (QED) is 0.740. The summed E-state index contributed by atoms with van der Waals surface area (Å²) in [5.74, 6) is 2.03. The van der Waals surface area contributed by atoms with Crippen LogP contribution in [0, 0.1) is 0 Å². The van der Waals surface area contributed by atoms with E-state index < -0.39 is 0 Å². The van der Waals surface area contributed by atoms with Crippen LogP contribution in [0.3, 0.4) is 0 Å². The van der Waals surface area contributed by atoms with E-state index in [-0.39, 0.29) is 6.03 Å². The molecule has 7 nitrogen and oxygen atoms in total. The molecule has 2 saturated heterocycles. The first-order valence-electron chi connectivity index (χ1n) is 11.7. The molecule has 166 valence electrons. The van der Waals surface area contributed by atoms with Gasteiger partial charge in [-0.2, -0.15) is 0 Å². The lowest BCUT2D eigenvalue weighted by atomic mass is 10.1. The van der Waals surface area contributed by atoms with Gasteiger partial charge in [0.15, 0.2) is 0 Å². The Morgan fingerprint density at radius 2 is 1.13 bits per heavy atom. The van der Waals surface area contributed by atoms with Gasteiger partial charge in [-0.25, -0.2) is 14.8 Å². The SMILES string of the molecule is O=C(NCc1ccnc(N2CCCCCC2)c1)NCc1ccnc(N2CCCCC2)c1. The molecular weight excluding hydrogens is 388 g/mol. The van der Waals surface area contributed by atoms with Crippen LogP contribution in [0.4, 0.5) is 16.4 Å². The van der Waals surface area contributed by atoms with Crippen molar-refractivity contribution in [2.75, 3.05) is 36.0 Å². The van der Waals surface area contributed by atoms with Gasteiger partial charge in [0.1, 0.15) is 11.6 Å². The maximum atomic E-state index is 12.3. The highest BCUT2D eigenvalue weighted by Crippen LogP contribution is 2.19. The number of nitrogens with one attached hydrogen (secondary N) is 2. The van der Waals surface area contributed by atoms with Crippen LogP contribution in [-0.4, -0.2) is 42.2 Å². The fourth-order valence-corrected chi connectivity index (χ4v) is 4.34. The fraction of sp³-hybridized carbons (Fsp3) is 0.542. The summed E-state index contributed by atoms with van der Waals surface area (Å²) in [5, 5.41) is 5.93. The monoisotopic (exact) mass is 422 g/mol. The van der Waals surface area contributed by atoms with Crippen LogP contribution in [0.1, 0.15) is 56.1 Å². The molecule has 31 heavy (non-hydrogen) atoms. The molecule has 2 fully saturated rings. The van der Waals surface area contributed by atoms with Gasteiger partial charge in [-0.15, -0.1) is 0 Å². The molecule has 2 N–H and O–H groups in total. The Bertz CT molecular complexity index is 843. The number of amides is 2. The molecule has 4 heterocycles. The number of rotatable bonds is 6. The molecule has 0 bridgehead atoms. The fourth-order valence-electron chi connectivity index (χ4n) is 4.34. The van der Waals surface area contributed by atoms with Crippen LogP contribution in [0.15, 0.2) is 36.7 Å². The van der Waals surface area contributed by atoms with Crippen LogP contribution in [0.2, 0.25) is 0 Å². The van der Waals surface area contributed by atoms with Gasteiger partial charge in [0.05, 0.1) is 0 Å². The van der Waals surface area contributed by atoms with Crippen LogP contribution in [0.5, 0.6) is 0 Å². The number of carbonyl (C=O) groups is 1. The summed E-state index contributed by atoms with van der Waals surface area (Å²) >= 11 is 0. The predicted molar refractivity (Wildman–Crippen MR) is 124 cm³/mol. The van der Waals surface area contributed by atoms with Gasteiger partial charge in [-0.3, -0.25) is 0 Å². The van der Waals surface area contributed by atoms with Gasteiger partial charge in [0.2, 0.25) is 0 Å². The summed E-state index contributed by atoms with van der Waals surface area (Å²) in [6, 6.07) is 7.95. The average molecular weight is 423 g/mol. The molecule has 7 heteroatoms. The summed E-state index contributed by atoms with van der Waals surface area (Å²) in [6.45, 7) is 5.24. The Balaban J connectivity index is 1.25. The van der Waals surface area contributed by atoms with E-state index in [4.69, 9.17) is 0 Å². The van der Waals surface area contributed by atoms with Gasteiger partial charge in [-0.05, 0) is 67.5 Å². The molecule has 2 amide bonds. The van der Waals surface area contributed by atoms with E-state index in [1.54, 1.807) is 0 Å². The van der Waals surface area contributed by atoms with Gasteiger partial charge < -0.3 is 20.4 Å². The predicted octanol–water partition coefficient (Wildman–Crippen LogP) is 3.85. The highest BCUT2D eigenvalue weighted by molar-refractivity contribution is 5.73. The Morgan fingerprint density at radius 1 is 0.710 bits per heavy atom. The minimum absolute atomic E-state index is 0.163. The maximum Gasteiger partial charge on any atom is 0.315 e. The van der Waals surface area contributed by atoms with E-state index in [0.29, 0.717) is 13.1 Å². The van der Waals surface area contributed by atoms with E-state index in [1.807, 2.05) is 24.5 Å². The Labute approximate surface area is 185 Å². The van der Waals surface area contributed by atoms with Crippen molar-refractivity contribution in [1.29, 1.82) is 0 Å². The van der Waals surface area contributed by atoms with Crippen molar-refractivity contribution in [3.8, 4) is 0 Å². The standard InChI is InChI=1S/C24H34N6O/c31-24(28-19-21-9-11-26-23(17-21)30-14-6-3-7-15-30)27-18-20-8-10-25-22(16-20)29-12-4-1-2-5-13-29/h8-11,16-17H,1-7,12-15,18-19H2,(H2,27,28,31).